The number of hydrogen-bond donors (Lipinski definition) is 2. The van der Waals surface area contributed by atoms with Gasteiger partial charge in [0.1, 0.15) is 12.4 Å². The highest BCUT2D eigenvalue weighted by Crippen LogP contribution is 2.40. The van der Waals surface area contributed by atoms with Crippen molar-refractivity contribution in [3.63, 3.8) is 0 Å². The van der Waals surface area contributed by atoms with E-state index in [2.05, 4.69) is 77.9 Å². The summed E-state index contributed by atoms with van der Waals surface area (Å²) in [5.41, 5.74) is 6.28. The number of benzene rings is 2. The third kappa shape index (κ3) is 16.1. The molecule has 0 bridgehead atoms. The van der Waals surface area contributed by atoms with Gasteiger partial charge < -0.3 is 19.7 Å². The van der Waals surface area contributed by atoms with Gasteiger partial charge in [0, 0.05) is 11.1 Å². The van der Waals surface area contributed by atoms with E-state index in [4.69, 9.17) is 24.4 Å². The summed E-state index contributed by atoms with van der Waals surface area (Å²) in [5.74, 6) is -0.262. The van der Waals surface area contributed by atoms with Gasteiger partial charge in [0.05, 0.1) is 18.6 Å². The smallest absolute Gasteiger partial charge is 0.239 e. The zero-order chi connectivity index (χ0) is 43.2. The summed E-state index contributed by atoms with van der Waals surface area (Å²) in [6.07, 6.45) is 32.1. The Balaban J connectivity index is 1.52. The molecule has 0 fully saturated rings. The van der Waals surface area contributed by atoms with Gasteiger partial charge in [-0.25, -0.2) is 15.0 Å². The van der Waals surface area contributed by atoms with Gasteiger partial charge in [-0.3, -0.25) is 0 Å². The van der Waals surface area contributed by atoms with Crippen molar-refractivity contribution >= 4 is 0 Å². The molecule has 0 radical (unpaired) electrons. The van der Waals surface area contributed by atoms with E-state index in [1.165, 1.54) is 122 Å². The standard InChI is InChI=1S/C53H81N3O4/c1-8-10-12-14-16-17-18-20-22-24-28-45(27-23-21-19-15-13-11-9-2)29-26-36-60-53(58)48(30-25-31-49(53)59-39-44(7)57)52-55-50(46-34-32-40(3)37-42(46)5)54-51(56-52)47-35-33-41(4)38-43(47)6/h25,30-35,37-38,44-45,48,57-58H,8-24,26-29,36,39H2,1-7H3. The molecule has 60 heavy (non-hydrogen) atoms. The minimum Gasteiger partial charge on any atom is -0.489 e. The molecule has 0 saturated carbocycles. The van der Waals surface area contributed by atoms with Crippen LogP contribution in [0.15, 0.2) is 60.4 Å². The molecule has 4 atom stereocenters. The number of rotatable bonds is 30. The predicted molar refractivity (Wildman–Crippen MR) is 250 cm³/mol. The van der Waals surface area contributed by atoms with Gasteiger partial charge in [-0.15, -0.1) is 0 Å². The van der Waals surface area contributed by atoms with Crippen molar-refractivity contribution in [2.24, 2.45) is 5.92 Å². The number of ether oxygens (including phenoxy) is 2. The summed E-state index contributed by atoms with van der Waals surface area (Å²) < 4.78 is 12.7. The molecule has 2 aromatic carbocycles. The second kappa shape index (κ2) is 26.8. The third-order valence-electron chi connectivity index (χ3n) is 12.2. The van der Waals surface area contributed by atoms with Crippen LogP contribution in [0.5, 0.6) is 0 Å². The zero-order valence-electron chi connectivity index (χ0n) is 38.7. The first-order valence-corrected chi connectivity index (χ1v) is 24.0. The second-order valence-electron chi connectivity index (χ2n) is 18.0. The highest BCUT2D eigenvalue weighted by atomic mass is 16.7. The lowest BCUT2D eigenvalue weighted by Gasteiger charge is -2.37. The molecule has 1 aromatic heterocycles. The summed E-state index contributed by atoms with van der Waals surface area (Å²) in [5, 5.41) is 23.0. The first-order valence-electron chi connectivity index (χ1n) is 24.0. The molecule has 4 rings (SSSR count). The number of nitrogens with zero attached hydrogens (tertiary/aromatic N) is 3. The molecule has 1 aliphatic carbocycles. The lowest BCUT2D eigenvalue weighted by atomic mass is 9.89. The summed E-state index contributed by atoms with van der Waals surface area (Å²) in [4.78, 5) is 15.2. The summed E-state index contributed by atoms with van der Waals surface area (Å²) in [7, 11) is 0. The zero-order valence-corrected chi connectivity index (χ0v) is 38.7. The lowest BCUT2D eigenvalue weighted by molar-refractivity contribution is -0.212. The van der Waals surface area contributed by atoms with Crippen LogP contribution < -0.4 is 0 Å². The maximum atomic E-state index is 12.7. The van der Waals surface area contributed by atoms with Crippen LogP contribution >= 0.6 is 0 Å². The molecule has 7 heteroatoms. The van der Waals surface area contributed by atoms with Crippen molar-refractivity contribution in [3.05, 3.63) is 88.5 Å². The van der Waals surface area contributed by atoms with E-state index in [0.717, 1.165) is 46.2 Å². The molecule has 7 nitrogen and oxygen atoms in total. The second-order valence-corrected chi connectivity index (χ2v) is 18.0. The molecular formula is C53H81N3O4. The summed E-state index contributed by atoms with van der Waals surface area (Å²) in [6, 6.07) is 12.5. The number of aliphatic hydroxyl groups is 2. The average molecular weight is 824 g/mol. The van der Waals surface area contributed by atoms with Crippen LogP contribution in [0.2, 0.25) is 0 Å². The van der Waals surface area contributed by atoms with Crippen LogP contribution in [-0.4, -0.2) is 50.3 Å². The van der Waals surface area contributed by atoms with Crippen LogP contribution in [-0.2, 0) is 9.47 Å². The SMILES string of the molecule is CCCCCCCCCCCCC(CCCCCCCCC)CCCOC1(O)C(OCC(C)O)=CC=CC1c1nc(-c2ccc(C)cc2C)nc(-c2ccc(C)cc2C)n1. The van der Waals surface area contributed by atoms with Crippen molar-refractivity contribution in [3.8, 4) is 22.8 Å². The molecule has 2 N–H and O–H groups in total. The lowest BCUT2D eigenvalue weighted by Crippen LogP contribution is -2.44. The van der Waals surface area contributed by atoms with E-state index in [1.807, 2.05) is 12.2 Å². The quantitative estimate of drug-likeness (QED) is 0.0510. The molecule has 0 spiro atoms. The van der Waals surface area contributed by atoms with E-state index in [0.29, 0.717) is 30.0 Å². The van der Waals surface area contributed by atoms with Crippen LogP contribution in [0.3, 0.4) is 0 Å². The fourth-order valence-electron chi connectivity index (χ4n) is 8.69. The van der Waals surface area contributed by atoms with E-state index in [9.17, 15) is 10.2 Å². The van der Waals surface area contributed by atoms with Crippen molar-refractivity contribution < 1.29 is 19.7 Å². The first kappa shape index (κ1) is 49.3. The Labute approximate surface area is 365 Å². The van der Waals surface area contributed by atoms with E-state index < -0.39 is 17.8 Å². The average Bonchev–Trinajstić information content (AvgIpc) is 3.21. The molecular weight excluding hydrogens is 743 g/mol. The third-order valence-corrected chi connectivity index (χ3v) is 12.2. The van der Waals surface area contributed by atoms with Crippen molar-refractivity contribution in [2.75, 3.05) is 13.2 Å². The summed E-state index contributed by atoms with van der Waals surface area (Å²) >= 11 is 0. The van der Waals surface area contributed by atoms with E-state index in [1.54, 1.807) is 13.0 Å². The number of hydrogen-bond acceptors (Lipinski definition) is 7. The predicted octanol–water partition coefficient (Wildman–Crippen LogP) is 13.9. The van der Waals surface area contributed by atoms with Crippen molar-refractivity contribution in [1.29, 1.82) is 0 Å². The van der Waals surface area contributed by atoms with Crippen LogP contribution in [0, 0.1) is 33.6 Å². The Kier molecular flexibility index (Phi) is 22.0. The number of allylic oxidation sites excluding steroid dienone is 2. The van der Waals surface area contributed by atoms with Crippen molar-refractivity contribution in [2.45, 2.75) is 201 Å². The normalized spacial score (nSPS) is 17.5. The Bertz CT molecular complexity index is 1680. The van der Waals surface area contributed by atoms with E-state index >= 15 is 0 Å². The molecule has 0 saturated heterocycles. The number of aromatic nitrogens is 3. The van der Waals surface area contributed by atoms with E-state index in [-0.39, 0.29) is 12.4 Å². The molecule has 0 aliphatic heterocycles. The summed E-state index contributed by atoms with van der Waals surface area (Å²) in [6.45, 7) is 14.9. The number of unbranched alkanes of at least 4 members (excludes halogenated alkanes) is 15. The van der Waals surface area contributed by atoms with Gasteiger partial charge in [-0.2, -0.15) is 0 Å². The number of aryl methyl sites for hydroxylation is 4. The highest BCUT2D eigenvalue weighted by Gasteiger charge is 2.46. The topological polar surface area (TPSA) is 97.6 Å². The van der Waals surface area contributed by atoms with Crippen LogP contribution in [0.25, 0.3) is 22.8 Å². The number of aliphatic hydroxyl groups excluding tert-OH is 1. The minimum absolute atomic E-state index is 0.0241. The molecule has 4 unspecified atom stereocenters. The Hall–Kier alpha value is -3.39. The van der Waals surface area contributed by atoms with Gasteiger partial charge >= 0.3 is 0 Å². The Morgan fingerprint density at radius 2 is 1.10 bits per heavy atom. The highest BCUT2D eigenvalue weighted by molar-refractivity contribution is 5.66. The first-order chi connectivity index (χ1) is 29.0. The molecule has 0 amide bonds. The van der Waals surface area contributed by atoms with Crippen LogP contribution in [0.1, 0.15) is 190 Å². The maximum absolute atomic E-state index is 12.7. The van der Waals surface area contributed by atoms with Gasteiger partial charge in [-0.05, 0) is 70.6 Å². The van der Waals surface area contributed by atoms with Gasteiger partial charge in [0.25, 0.3) is 0 Å². The monoisotopic (exact) mass is 824 g/mol. The van der Waals surface area contributed by atoms with Gasteiger partial charge in [0.2, 0.25) is 5.79 Å². The Morgan fingerprint density at radius 1 is 0.633 bits per heavy atom. The Morgan fingerprint density at radius 3 is 1.57 bits per heavy atom. The molecule has 332 valence electrons. The van der Waals surface area contributed by atoms with Gasteiger partial charge in [0.15, 0.2) is 17.4 Å². The van der Waals surface area contributed by atoms with Crippen LogP contribution in [0.4, 0.5) is 0 Å². The molecule has 1 heterocycles. The van der Waals surface area contributed by atoms with Crippen molar-refractivity contribution in [1.82, 2.24) is 15.0 Å². The molecule has 3 aromatic rings. The molecule has 1 aliphatic rings. The fraction of sp³-hybridized carbons (Fsp3) is 0.642. The largest absolute Gasteiger partial charge is 0.489 e. The van der Waals surface area contributed by atoms with Gasteiger partial charge in [-0.1, -0.05) is 196 Å². The maximum Gasteiger partial charge on any atom is 0.239 e. The fourth-order valence-corrected chi connectivity index (χ4v) is 8.69. The minimum atomic E-state index is -1.88.